The fourth-order valence-electron chi connectivity index (χ4n) is 1.82. The zero-order valence-electron chi connectivity index (χ0n) is 10.3. The summed E-state index contributed by atoms with van der Waals surface area (Å²) < 4.78 is 51.4. The van der Waals surface area contributed by atoms with E-state index in [2.05, 4.69) is 5.32 Å². The number of benzene rings is 2. The first-order chi connectivity index (χ1) is 9.38. The Morgan fingerprint density at radius 1 is 1.05 bits per heavy atom. The molecule has 0 amide bonds. The van der Waals surface area contributed by atoms with Gasteiger partial charge in [-0.2, -0.15) is 13.2 Å². The molecule has 0 aliphatic carbocycles. The van der Waals surface area contributed by atoms with Crippen molar-refractivity contribution in [3.63, 3.8) is 0 Å². The summed E-state index contributed by atoms with van der Waals surface area (Å²) in [5.74, 6) is -0.916. The predicted octanol–water partition coefficient (Wildman–Crippen LogP) is 4.04. The molecule has 6 heteroatoms. The van der Waals surface area contributed by atoms with E-state index in [-0.39, 0.29) is 12.1 Å². The van der Waals surface area contributed by atoms with Crippen molar-refractivity contribution in [2.24, 2.45) is 0 Å². The van der Waals surface area contributed by atoms with Gasteiger partial charge in [-0.15, -0.1) is 0 Å². The fraction of sp³-hybridized carbons (Fsp3) is 0.143. The average molecular weight is 284 g/mol. The largest absolute Gasteiger partial charge is 0.416 e. The normalized spacial score (nSPS) is 11.4. The van der Waals surface area contributed by atoms with Gasteiger partial charge in [-0.05, 0) is 29.8 Å². The number of alkyl halides is 3. The van der Waals surface area contributed by atoms with Crippen LogP contribution in [0.4, 0.5) is 28.9 Å². The van der Waals surface area contributed by atoms with Crippen molar-refractivity contribution in [1.82, 2.24) is 0 Å². The molecule has 0 unspecified atom stereocenters. The molecule has 106 valence electrons. The zero-order chi connectivity index (χ0) is 14.8. The summed E-state index contributed by atoms with van der Waals surface area (Å²) in [6.07, 6.45) is -4.60. The number of para-hydroxylation sites is 2. The molecule has 2 nitrogen and oxygen atoms in total. The molecular weight excluding hydrogens is 272 g/mol. The Hall–Kier alpha value is -2.24. The number of hydrogen-bond acceptors (Lipinski definition) is 2. The molecular formula is C14H12F4N2. The van der Waals surface area contributed by atoms with E-state index in [1.807, 2.05) is 0 Å². The lowest BCUT2D eigenvalue weighted by atomic mass is 10.1. The number of nitrogens with one attached hydrogen (secondary N) is 1. The van der Waals surface area contributed by atoms with Gasteiger partial charge in [0.05, 0.1) is 16.9 Å². The van der Waals surface area contributed by atoms with E-state index in [1.54, 1.807) is 24.3 Å². The molecule has 0 aromatic heterocycles. The highest BCUT2D eigenvalue weighted by Crippen LogP contribution is 2.33. The molecule has 2 aromatic carbocycles. The number of hydrogen-bond donors (Lipinski definition) is 2. The fourth-order valence-corrected chi connectivity index (χ4v) is 1.82. The van der Waals surface area contributed by atoms with Crippen molar-refractivity contribution in [3.8, 4) is 0 Å². The van der Waals surface area contributed by atoms with Gasteiger partial charge in [-0.3, -0.25) is 0 Å². The Labute approximate surface area is 113 Å². The molecule has 0 aliphatic heterocycles. The highest BCUT2D eigenvalue weighted by molar-refractivity contribution is 5.65. The first-order valence-electron chi connectivity index (χ1n) is 5.82. The van der Waals surface area contributed by atoms with Gasteiger partial charge in [0, 0.05) is 6.54 Å². The van der Waals surface area contributed by atoms with Gasteiger partial charge in [0.15, 0.2) is 0 Å². The molecule has 0 bridgehead atoms. The Balaban J connectivity index is 2.24. The van der Waals surface area contributed by atoms with Gasteiger partial charge in [0.25, 0.3) is 0 Å². The van der Waals surface area contributed by atoms with Crippen LogP contribution in [0.1, 0.15) is 11.1 Å². The zero-order valence-corrected chi connectivity index (χ0v) is 10.3. The summed E-state index contributed by atoms with van der Waals surface area (Å²) in [5, 5.41) is 2.81. The molecule has 0 spiro atoms. The van der Waals surface area contributed by atoms with Crippen LogP contribution in [0, 0.1) is 5.82 Å². The minimum absolute atomic E-state index is 0.0397. The number of anilines is 2. The van der Waals surface area contributed by atoms with Gasteiger partial charge in [-0.1, -0.05) is 18.2 Å². The van der Waals surface area contributed by atoms with Crippen LogP contribution in [0.2, 0.25) is 0 Å². The van der Waals surface area contributed by atoms with Crippen molar-refractivity contribution in [3.05, 3.63) is 59.4 Å². The number of nitrogen functional groups attached to an aromatic ring is 1. The maximum absolute atomic E-state index is 13.0. The first-order valence-corrected chi connectivity index (χ1v) is 5.82. The van der Waals surface area contributed by atoms with Crippen molar-refractivity contribution in [2.45, 2.75) is 12.7 Å². The predicted molar refractivity (Wildman–Crippen MR) is 69.6 cm³/mol. The topological polar surface area (TPSA) is 38.0 Å². The van der Waals surface area contributed by atoms with Crippen LogP contribution >= 0.6 is 0 Å². The summed E-state index contributed by atoms with van der Waals surface area (Å²) in [4.78, 5) is 0. The lowest BCUT2D eigenvalue weighted by Gasteiger charge is -2.15. The minimum atomic E-state index is -4.60. The monoisotopic (exact) mass is 284 g/mol. The molecule has 20 heavy (non-hydrogen) atoms. The average Bonchev–Trinajstić information content (AvgIpc) is 2.38. The Morgan fingerprint density at radius 2 is 1.75 bits per heavy atom. The van der Waals surface area contributed by atoms with Crippen molar-refractivity contribution >= 4 is 11.4 Å². The van der Waals surface area contributed by atoms with Gasteiger partial charge in [-0.25, -0.2) is 4.39 Å². The first kappa shape index (κ1) is 14.2. The third-order valence-corrected chi connectivity index (χ3v) is 2.81. The minimum Gasteiger partial charge on any atom is -0.397 e. The van der Waals surface area contributed by atoms with Crippen LogP contribution in [0.5, 0.6) is 0 Å². The number of nitrogens with two attached hydrogens (primary N) is 1. The molecule has 0 saturated carbocycles. The summed E-state index contributed by atoms with van der Waals surface area (Å²) >= 11 is 0. The molecule has 0 aliphatic rings. The quantitative estimate of drug-likeness (QED) is 0.659. The second kappa shape index (κ2) is 5.40. The van der Waals surface area contributed by atoms with E-state index in [4.69, 9.17) is 5.73 Å². The molecule has 0 heterocycles. The summed E-state index contributed by atoms with van der Waals surface area (Å²) in [6, 6.07) is 9.34. The van der Waals surface area contributed by atoms with Crippen LogP contribution < -0.4 is 11.1 Å². The van der Waals surface area contributed by atoms with Crippen LogP contribution in [0.3, 0.4) is 0 Å². The molecule has 3 N–H and O–H groups in total. The third-order valence-electron chi connectivity index (χ3n) is 2.81. The molecule has 0 fully saturated rings. The number of rotatable bonds is 3. The van der Waals surface area contributed by atoms with E-state index >= 15 is 0 Å². The second-order valence-electron chi connectivity index (χ2n) is 4.24. The maximum atomic E-state index is 13.0. The van der Waals surface area contributed by atoms with Crippen molar-refractivity contribution < 1.29 is 17.6 Å². The van der Waals surface area contributed by atoms with Gasteiger partial charge in [0.1, 0.15) is 5.82 Å². The molecule has 0 saturated heterocycles. The van der Waals surface area contributed by atoms with E-state index in [0.717, 1.165) is 12.1 Å². The smallest absolute Gasteiger partial charge is 0.397 e. The van der Waals surface area contributed by atoms with Crippen LogP contribution in [0.15, 0.2) is 42.5 Å². The van der Waals surface area contributed by atoms with E-state index in [1.165, 1.54) is 0 Å². The van der Waals surface area contributed by atoms with Gasteiger partial charge in [0.2, 0.25) is 0 Å². The van der Waals surface area contributed by atoms with Gasteiger partial charge < -0.3 is 11.1 Å². The van der Waals surface area contributed by atoms with E-state index < -0.39 is 17.6 Å². The van der Waals surface area contributed by atoms with Crippen molar-refractivity contribution in [2.75, 3.05) is 11.1 Å². The summed E-state index contributed by atoms with van der Waals surface area (Å²) in [7, 11) is 0. The second-order valence-corrected chi connectivity index (χ2v) is 4.24. The van der Waals surface area contributed by atoms with Crippen LogP contribution in [-0.2, 0) is 12.7 Å². The Kier molecular flexibility index (Phi) is 3.83. The van der Waals surface area contributed by atoms with Gasteiger partial charge >= 0.3 is 6.18 Å². The summed E-state index contributed by atoms with van der Waals surface area (Å²) in [6.45, 7) is -0.0939. The van der Waals surface area contributed by atoms with Crippen LogP contribution in [-0.4, -0.2) is 0 Å². The summed E-state index contributed by atoms with van der Waals surface area (Å²) in [5.41, 5.74) is 5.63. The standard InChI is InChI=1S/C14H12F4N2/c15-10-6-5-9(11(7-10)14(16,17)18)8-20-13-4-2-1-3-12(13)19/h1-7,20H,8,19H2. The lowest BCUT2D eigenvalue weighted by Crippen LogP contribution is -2.12. The van der Waals surface area contributed by atoms with E-state index in [0.29, 0.717) is 17.4 Å². The molecule has 2 aromatic rings. The highest BCUT2D eigenvalue weighted by Gasteiger charge is 2.33. The van der Waals surface area contributed by atoms with Crippen molar-refractivity contribution in [1.29, 1.82) is 0 Å². The Bertz CT molecular complexity index is 608. The highest BCUT2D eigenvalue weighted by atomic mass is 19.4. The van der Waals surface area contributed by atoms with Crippen LogP contribution in [0.25, 0.3) is 0 Å². The molecule has 2 rings (SSSR count). The number of halogens is 4. The molecule has 0 atom stereocenters. The maximum Gasteiger partial charge on any atom is 0.416 e. The third kappa shape index (κ3) is 3.20. The Morgan fingerprint density at radius 3 is 2.40 bits per heavy atom. The lowest BCUT2D eigenvalue weighted by molar-refractivity contribution is -0.138. The van der Waals surface area contributed by atoms with E-state index in [9.17, 15) is 17.6 Å². The SMILES string of the molecule is Nc1ccccc1NCc1ccc(F)cc1C(F)(F)F. The molecule has 0 radical (unpaired) electrons.